The van der Waals surface area contributed by atoms with Crippen LogP contribution in [0.3, 0.4) is 0 Å². The molecule has 6 heteroatoms. The fourth-order valence-corrected chi connectivity index (χ4v) is 18.1. The van der Waals surface area contributed by atoms with Gasteiger partial charge in [-0.1, -0.05) is 273 Å². The summed E-state index contributed by atoms with van der Waals surface area (Å²) in [6.45, 7) is 0. The maximum atomic E-state index is 2.38. The summed E-state index contributed by atoms with van der Waals surface area (Å²) >= 11 is 0. The minimum atomic E-state index is 1.04. The highest BCUT2D eigenvalue weighted by Gasteiger charge is 2.22. The lowest BCUT2D eigenvalue weighted by molar-refractivity contribution is 1.18. The van der Waals surface area contributed by atoms with Gasteiger partial charge in [0.1, 0.15) is 0 Å². The van der Waals surface area contributed by atoms with Crippen molar-refractivity contribution in [2.45, 2.75) is 0 Å². The highest BCUT2D eigenvalue weighted by atomic mass is 15.2. The molecule has 0 aliphatic heterocycles. The Morgan fingerprint density at radius 2 is 0.300 bits per heavy atom. The number of anilines is 9. The third-order valence-corrected chi connectivity index (χ3v) is 23.8. The standard InChI is InChI=1S/C114H78N6/c1-4-28-91(29-5-1)115(94-61-49-79(50-62-94)82-55-67-97(68-56-82)118-109-43-16-10-37-103(109)104-38-11-17-44-110(104)118)100-34-22-25-85(76-100)88-73-89(86-26-23-35-101(77-86)116(92-30-6-2-7-31-92)95-63-51-80(52-64-95)83-57-69-98(70-58-83)119-111-45-18-12-39-105(111)106-40-13-19-46-112(106)119)75-90(74-88)87-27-24-36-102(78-87)117(93-32-8-3-9-33-93)96-65-53-81(54-66-96)84-59-71-99(72-60-84)120-113-47-20-14-41-107(113)108-42-15-21-48-114(108)120/h1-78H. The van der Waals surface area contributed by atoms with Crippen LogP contribution >= 0.6 is 0 Å². The molecular weight excluding hydrogens is 1450 g/mol. The third kappa shape index (κ3) is 12.9. The van der Waals surface area contributed by atoms with Gasteiger partial charge in [0.05, 0.1) is 33.1 Å². The average molecular weight is 1530 g/mol. The number of hydrogen-bond donors (Lipinski definition) is 0. The number of nitrogens with zero attached hydrogens (tertiary/aromatic N) is 6. The molecule has 0 bridgehead atoms. The third-order valence-electron chi connectivity index (χ3n) is 23.8. The maximum absolute atomic E-state index is 2.38. The largest absolute Gasteiger partial charge is 0.310 e. The zero-order chi connectivity index (χ0) is 79.4. The molecule has 120 heavy (non-hydrogen) atoms. The molecule has 6 nitrogen and oxygen atoms in total. The van der Waals surface area contributed by atoms with Crippen LogP contribution in [0.4, 0.5) is 51.2 Å². The van der Waals surface area contributed by atoms with E-state index in [-0.39, 0.29) is 0 Å². The van der Waals surface area contributed by atoms with E-state index in [0.717, 1.165) is 135 Å². The van der Waals surface area contributed by atoms with Crippen LogP contribution in [0.25, 0.3) is 149 Å². The summed E-state index contributed by atoms with van der Waals surface area (Å²) in [5.74, 6) is 0. The summed E-state index contributed by atoms with van der Waals surface area (Å²) < 4.78 is 7.13. The molecule has 564 valence electrons. The maximum Gasteiger partial charge on any atom is 0.0541 e. The second-order valence-corrected chi connectivity index (χ2v) is 30.9. The molecule has 0 atom stereocenters. The van der Waals surface area contributed by atoms with Crippen molar-refractivity contribution in [3.63, 3.8) is 0 Å². The fourth-order valence-electron chi connectivity index (χ4n) is 18.1. The molecule has 19 aromatic carbocycles. The lowest BCUT2D eigenvalue weighted by atomic mass is 9.92. The molecule has 0 aliphatic carbocycles. The van der Waals surface area contributed by atoms with Crippen molar-refractivity contribution in [3.05, 3.63) is 473 Å². The normalized spacial score (nSPS) is 11.5. The zero-order valence-electron chi connectivity index (χ0n) is 65.7. The van der Waals surface area contributed by atoms with Crippen LogP contribution in [0.1, 0.15) is 0 Å². The number of rotatable bonds is 18. The first-order valence-electron chi connectivity index (χ1n) is 41.1. The summed E-state index contributed by atoms with van der Waals surface area (Å²) in [6.07, 6.45) is 0. The number of aromatic nitrogens is 3. The molecule has 0 saturated carbocycles. The summed E-state index contributed by atoms with van der Waals surface area (Å²) in [5, 5.41) is 7.52. The van der Waals surface area contributed by atoms with E-state index < -0.39 is 0 Å². The molecule has 0 unspecified atom stereocenters. The summed E-state index contributed by atoms with van der Waals surface area (Å²) in [6, 6.07) is 173. The smallest absolute Gasteiger partial charge is 0.0541 e. The van der Waals surface area contributed by atoms with Crippen molar-refractivity contribution in [3.8, 4) is 83.8 Å². The van der Waals surface area contributed by atoms with Crippen LogP contribution in [-0.4, -0.2) is 13.7 Å². The van der Waals surface area contributed by atoms with Crippen LogP contribution in [0, 0.1) is 0 Å². The van der Waals surface area contributed by atoms with E-state index in [1.807, 2.05) is 0 Å². The van der Waals surface area contributed by atoms with Gasteiger partial charge < -0.3 is 28.4 Å². The average Bonchev–Trinajstić information content (AvgIpc) is 1.63. The first-order chi connectivity index (χ1) is 59.5. The Morgan fingerprint density at radius 1 is 0.117 bits per heavy atom. The lowest BCUT2D eigenvalue weighted by Gasteiger charge is -2.27. The second kappa shape index (κ2) is 30.3. The van der Waals surface area contributed by atoms with Gasteiger partial charge >= 0.3 is 0 Å². The molecule has 0 amide bonds. The monoisotopic (exact) mass is 1530 g/mol. The van der Waals surface area contributed by atoms with Crippen molar-refractivity contribution < 1.29 is 0 Å². The molecule has 0 saturated heterocycles. The zero-order valence-corrected chi connectivity index (χ0v) is 65.7. The fraction of sp³-hybridized carbons (Fsp3) is 0. The molecule has 0 spiro atoms. The lowest BCUT2D eigenvalue weighted by Crippen LogP contribution is -2.10. The number of para-hydroxylation sites is 9. The predicted molar refractivity (Wildman–Crippen MR) is 506 cm³/mol. The van der Waals surface area contributed by atoms with Crippen molar-refractivity contribution in [2.75, 3.05) is 14.7 Å². The highest BCUT2D eigenvalue weighted by Crippen LogP contribution is 2.46. The van der Waals surface area contributed by atoms with Crippen LogP contribution in [0.5, 0.6) is 0 Å². The molecule has 0 aliphatic rings. The van der Waals surface area contributed by atoms with Gasteiger partial charge in [0.25, 0.3) is 0 Å². The summed E-state index contributed by atoms with van der Waals surface area (Å²) in [7, 11) is 0. The van der Waals surface area contributed by atoms with E-state index in [1.54, 1.807) is 0 Å². The van der Waals surface area contributed by atoms with Gasteiger partial charge in [-0.2, -0.15) is 0 Å². The molecule has 0 fully saturated rings. The molecule has 0 radical (unpaired) electrons. The van der Waals surface area contributed by atoms with Gasteiger partial charge in [-0.3, -0.25) is 0 Å². The molecule has 3 heterocycles. The van der Waals surface area contributed by atoms with E-state index in [0.29, 0.717) is 0 Å². The van der Waals surface area contributed by atoms with E-state index in [4.69, 9.17) is 0 Å². The van der Waals surface area contributed by atoms with Crippen molar-refractivity contribution in [2.24, 2.45) is 0 Å². The van der Waals surface area contributed by atoms with Crippen LogP contribution in [-0.2, 0) is 0 Å². The topological polar surface area (TPSA) is 24.5 Å². The van der Waals surface area contributed by atoms with E-state index in [9.17, 15) is 0 Å². The number of benzene rings is 19. The number of hydrogen-bond acceptors (Lipinski definition) is 3. The minimum absolute atomic E-state index is 1.04. The highest BCUT2D eigenvalue weighted by molar-refractivity contribution is 6.12. The Hall–Kier alpha value is -16.0. The van der Waals surface area contributed by atoms with E-state index >= 15 is 0 Å². The van der Waals surface area contributed by atoms with Gasteiger partial charge in [-0.05, 0) is 267 Å². The second-order valence-electron chi connectivity index (χ2n) is 30.9. The SMILES string of the molecule is c1ccc(N(c2ccc(-c3ccc(-n4c5ccccc5c5ccccc54)cc3)cc2)c2cccc(-c3cc(-c4cccc(N(c5ccccc5)c5ccc(-c6ccc(-n7c8ccccc8c8ccccc87)cc6)cc5)c4)cc(-c4cccc(N(c5ccccc5)c5ccc(-c6ccc(-n7c8ccccc8c8ccccc87)cc6)cc5)c4)c3)c2)cc1. The Bertz CT molecular complexity index is 6650. The van der Waals surface area contributed by atoms with Gasteiger partial charge in [-0.25, -0.2) is 0 Å². The Kier molecular flexibility index (Phi) is 17.8. The molecule has 22 rings (SSSR count). The van der Waals surface area contributed by atoms with E-state index in [1.165, 1.54) is 65.4 Å². The summed E-state index contributed by atoms with van der Waals surface area (Å²) in [4.78, 5) is 7.12. The van der Waals surface area contributed by atoms with Gasteiger partial charge in [0.15, 0.2) is 0 Å². The molecule has 22 aromatic rings. The molecular formula is C114H78N6. The van der Waals surface area contributed by atoms with Gasteiger partial charge in [0, 0.05) is 101 Å². The van der Waals surface area contributed by atoms with Crippen LogP contribution < -0.4 is 14.7 Å². The van der Waals surface area contributed by atoms with Crippen molar-refractivity contribution in [1.29, 1.82) is 0 Å². The summed E-state index contributed by atoms with van der Waals surface area (Å²) in [5.41, 5.74) is 33.5. The Morgan fingerprint density at radius 3 is 0.525 bits per heavy atom. The van der Waals surface area contributed by atoms with Crippen LogP contribution in [0.15, 0.2) is 473 Å². The van der Waals surface area contributed by atoms with Crippen molar-refractivity contribution in [1.82, 2.24) is 13.7 Å². The van der Waals surface area contributed by atoms with Crippen molar-refractivity contribution >= 4 is 117 Å². The van der Waals surface area contributed by atoms with Gasteiger partial charge in [-0.15, -0.1) is 0 Å². The number of fused-ring (bicyclic) bond motifs is 9. The first kappa shape index (κ1) is 70.6. The van der Waals surface area contributed by atoms with Gasteiger partial charge in [0.2, 0.25) is 0 Å². The first-order valence-corrected chi connectivity index (χ1v) is 41.1. The molecule has 0 N–H and O–H groups in total. The van der Waals surface area contributed by atoms with E-state index in [2.05, 4.69) is 502 Å². The quantitative estimate of drug-likeness (QED) is 0.0856. The minimum Gasteiger partial charge on any atom is -0.310 e. The Balaban J connectivity index is 0.623. The predicted octanol–water partition coefficient (Wildman–Crippen LogP) is 31.4. The van der Waals surface area contributed by atoms with Crippen LogP contribution in [0.2, 0.25) is 0 Å². The molecule has 3 aromatic heterocycles. The Labute approximate surface area is 697 Å².